The minimum Gasteiger partial charge on any atom is -0.335 e. The Bertz CT molecular complexity index is 621. The Morgan fingerprint density at radius 1 is 1.27 bits per heavy atom. The van der Waals surface area contributed by atoms with Gasteiger partial charge in [0.2, 0.25) is 0 Å². The first-order valence-electron chi connectivity index (χ1n) is 7.89. The average Bonchev–Trinajstić information content (AvgIpc) is 3.01. The fraction of sp³-hybridized carbons (Fsp3) is 0.389. The maximum absolute atomic E-state index is 13.8. The maximum Gasteiger partial charge on any atom is 0.325 e. The van der Waals surface area contributed by atoms with Gasteiger partial charge >= 0.3 is 6.03 Å². The van der Waals surface area contributed by atoms with Crippen LogP contribution in [0.4, 0.5) is 9.18 Å². The van der Waals surface area contributed by atoms with Gasteiger partial charge in [0.15, 0.2) is 0 Å². The molecule has 22 heavy (non-hydrogen) atoms. The number of carbonyl (C=O) groups excluding carboxylic acids is 1. The number of amides is 1. The summed E-state index contributed by atoms with van der Waals surface area (Å²) in [7, 11) is 0. The second-order valence-electron chi connectivity index (χ2n) is 5.48. The SMILES string of the molecule is CCCCC(CC)NC(=O)n1ccc(-c2ccccc2F)c1. The van der Waals surface area contributed by atoms with Crippen molar-refractivity contribution in [2.45, 2.75) is 45.6 Å². The molecule has 1 unspecified atom stereocenters. The third-order valence-corrected chi connectivity index (χ3v) is 3.84. The summed E-state index contributed by atoms with van der Waals surface area (Å²) in [5.41, 5.74) is 1.21. The predicted molar refractivity (Wildman–Crippen MR) is 87.4 cm³/mol. The standard InChI is InChI=1S/C18H23FN2O/c1-3-5-8-15(4-2)20-18(22)21-12-11-14(13-21)16-9-6-7-10-17(16)19/h6-7,9-13,15H,3-5,8H2,1-2H3,(H,20,22). The summed E-state index contributed by atoms with van der Waals surface area (Å²) in [6.07, 6.45) is 7.45. The van der Waals surface area contributed by atoms with E-state index in [-0.39, 0.29) is 17.9 Å². The third-order valence-electron chi connectivity index (χ3n) is 3.84. The smallest absolute Gasteiger partial charge is 0.325 e. The molecule has 0 saturated heterocycles. The molecule has 1 amide bonds. The first kappa shape index (κ1) is 16.3. The van der Waals surface area contributed by atoms with Crippen LogP contribution in [0.25, 0.3) is 11.1 Å². The molecule has 1 aromatic carbocycles. The third kappa shape index (κ3) is 3.97. The van der Waals surface area contributed by atoms with Crippen molar-refractivity contribution < 1.29 is 9.18 Å². The molecule has 1 heterocycles. The zero-order valence-electron chi connectivity index (χ0n) is 13.2. The first-order chi connectivity index (χ1) is 10.7. The molecule has 118 valence electrons. The fourth-order valence-corrected chi connectivity index (χ4v) is 2.46. The van der Waals surface area contributed by atoms with Gasteiger partial charge in [-0.25, -0.2) is 9.18 Å². The fourth-order valence-electron chi connectivity index (χ4n) is 2.46. The summed E-state index contributed by atoms with van der Waals surface area (Å²) >= 11 is 0. The quantitative estimate of drug-likeness (QED) is 0.815. The second-order valence-corrected chi connectivity index (χ2v) is 5.48. The lowest BCUT2D eigenvalue weighted by molar-refractivity contribution is 0.237. The van der Waals surface area contributed by atoms with Crippen molar-refractivity contribution in [2.75, 3.05) is 0 Å². The van der Waals surface area contributed by atoms with Gasteiger partial charge in [0.05, 0.1) is 0 Å². The van der Waals surface area contributed by atoms with Gasteiger partial charge in [-0.15, -0.1) is 0 Å². The van der Waals surface area contributed by atoms with Gasteiger partial charge in [-0.3, -0.25) is 4.57 Å². The van der Waals surface area contributed by atoms with Crippen molar-refractivity contribution in [1.29, 1.82) is 0 Å². The van der Waals surface area contributed by atoms with E-state index < -0.39 is 0 Å². The van der Waals surface area contributed by atoms with Crippen molar-refractivity contribution in [2.24, 2.45) is 0 Å². The van der Waals surface area contributed by atoms with Crippen LogP contribution in [-0.4, -0.2) is 16.6 Å². The number of aromatic nitrogens is 1. The topological polar surface area (TPSA) is 34.0 Å². The van der Waals surface area contributed by atoms with E-state index in [4.69, 9.17) is 0 Å². The van der Waals surface area contributed by atoms with Crippen molar-refractivity contribution in [3.8, 4) is 11.1 Å². The van der Waals surface area contributed by atoms with E-state index in [9.17, 15) is 9.18 Å². The van der Waals surface area contributed by atoms with Crippen molar-refractivity contribution in [3.63, 3.8) is 0 Å². The van der Waals surface area contributed by atoms with Crippen molar-refractivity contribution in [3.05, 3.63) is 48.5 Å². The lowest BCUT2D eigenvalue weighted by Gasteiger charge is -2.16. The maximum atomic E-state index is 13.8. The molecule has 0 saturated carbocycles. The highest BCUT2D eigenvalue weighted by atomic mass is 19.1. The van der Waals surface area contributed by atoms with Gasteiger partial charge in [-0.05, 0) is 25.0 Å². The summed E-state index contributed by atoms with van der Waals surface area (Å²) in [6.45, 7) is 4.21. The molecule has 4 heteroatoms. The van der Waals surface area contributed by atoms with E-state index in [1.807, 2.05) is 0 Å². The summed E-state index contributed by atoms with van der Waals surface area (Å²) in [5, 5.41) is 3.03. The Balaban J connectivity index is 2.07. The van der Waals surface area contributed by atoms with E-state index in [2.05, 4.69) is 19.2 Å². The van der Waals surface area contributed by atoms with Gasteiger partial charge in [0.25, 0.3) is 0 Å². The van der Waals surface area contributed by atoms with Crippen LogP contribution in [0.3, 0.4) is 0 Å². The molecule has 1 atom stereocenters. The minimum atomic E-state index is -0.282. The molecule has 0 radical (unpaired) electrons. The molecule has 0 fully saturated rings. The molecular weight excluding hydrogens is 279 g/mol. The molecule has 0 aliphatic rings. The molecule has 3 nitrogen and oxygen atoms in total. The first-order valence-corrected chi connectivity index (χ1v) is 7.89. The average molecular weight is 302 g/mol. The Kier molecular flexibility index (Phi) is 5.75. The van der Waals surface area contributed by atoms with E-state index >= 15 is 0 Å². The highest BCUT2D eigenvalue weighted by Crippen LogP contribution is 2.22. The lowest BCUT2D eigenvalue weighted by Crippen LogP contribution is -2.36. The summed E-state index contributed by atoms with van der Waals surface area (Å²) < 4.78 is 15.3. The van der Waals surface area contributed by atoms with Gasteiger partial charge in [-0.1, -0.05) is 44.9 Å². The number of halogens is 1. The molecule has 0 aliphatic heterocycles. The Hall–Kier alpha value is -2.10. The number of carbonyl (C=O) groups is 1. The van der Waals surface area contributed by atoms with Gasteiger partial charge in [0.1, 0.15) is 5.82 Å². The molecule has 0 aliphatic carbocycles. The lowest BCUT2D eigenvalue weighted by atomic mass is 10.1. The molecule has 1 aromatic heterocycles. The highest BCUT2D eigenvalue weighted by Gasteiger charge is 2.13. The summed E-state index contributed by atoms with van der Waals surface area (Å²) in [4.78, 5) is 12.3. The normalized spacial score (nSPS) is 12.1. The van der Waals surface area contributed by atoms with Crippen molar-refractivity contribution in [1.82, 2.24) is 9.88 Å². The minimum absolute atomic E-state index is 0.162. The van der Waals surface area contributed by atoms with E-state index in [1.165, 1.54) is 10.6 Å². The van der Waals surface area contributed by atoms with Crippen LogP contribution in [0.15, 0.2) is 42.7 Å². The Morgan fingerprint density at radius 3 is 2.73 bits per heavy atom. The zero-order valence-corrected chi connectivity index (χ0v) is 13.2. The van der Waals surface area contributed by atoms with Gasteiger partial charge < -0.3 is 5.32 Å². The van der Waals surface area contributed by atoms with Gasteiger partial charge in [-0.2, -0.15) is 0 Å². The molecule has 2 rings (SSSR count). The van der Waals surface area contributed by atoms with Crippen LogP contribution >= 0.6 is 0 Å². The van der Waals surface area contributed by atoms with Crippen LogP contribution in [-0.2, 0) is 0 Å². The molecule has 0 spiro atoms. The van der Waals surface area contributed by atoms with Gasteiger partial charge in [0, 0.05) is 29.6 Å². The van der Waals surface area contributed by atoms with E-state index in [0.717, 1.165) is 25.7 Å². The van der Waals surface area contributed by atoms with Crippen LogP contribution in [0, 0.1) is 5.82 Å². The monoisotopic (exact) mass is 302 g/mol. The number of benzene rings is 1. The number of nitrogens with zero attached hydrogens (tertiary/aromatic N) is 1. The summed E-state index contributed by atoms with van der Waals surface area (Å²) in [6, 6.07) is 8.35. The molecule has 0 bridgehead atoms. The molecule has 2 aromatic rings. The predicted octanol–water partition coefficient (Wildman–Crippen LogP) is 4.82. The number of rotatable bonds is 6. The van der Waals surface area contributed by atoms with E-state index in [0.29, 0.717) is 11.1 Å². The number of hydrogen-bond donors (Lipinski definition) is 1. The molecule has 1 N–H and O–H groups in total. The number of unbranched alkanes of at least 4 members (excludes halogenated alkanes) is 1. The Morgan fingerprint density at radius 2 is 2.05 bits per heavy atom. The van der Waals surface area contributed by atoms with Crippen LogP contribution < -0.4 is 5.32 Å². The number of hydrogen-bond acceptors (Lipinski definition) is 1. The number of nitrogens with one attached hydrogen (secondary N) is 1. The summed E-state index contributed by atoms with van der Waals surface area (Å²) in [5.74, 6) is -0.282. The van der Waals surface area contributed by atoms with Crippen LogP contribution in [0.5, 0.6) is 0 Å². The van der Waals surface area contributed by atoms with Crippen molar-refractivity contribution >= 4 is 6.03 Å². The highest BCUT2D eigenvalue weighted by molar-refractivity contribution is 5.79. The van der Waals surface area contributed by atoms with Crippen LogP contribution in [0.1, 0.15) is 39.5 Å². The second kappa shape index (κ2) is 7.78. The Labute approximate surface area is 131 Å². The molecular formula is C18H23FN2O. The van der Waals surface area contributed by atoms with Crippen LogP contribution in [0.2, 0.25) is 0 Å². The van der Waals surface area contributed by atoms with E-state index in [1.54, 1.807) is 36.7 Å². The largest absolute Gasteiger partial charge is 0.335 e. The zero-order chi connectivity index (χ0) is 15.9.